The molecule has 0 aliphatic heterocycles. The van der Waals surface area contributed by atoms with Gasteiger partial charge in [0.25, 0.3) is 5.56 Å². The van der Waals surface area contributed by atoms with E-state index in [-0.39, 0.29) is 5.56 Å². The van der Waals surface area contributed by atoms with Crippen LogP contribution < -0.4 is 10.4 Å². The Hall–Kier alpha value is -3.75. The van der Waals surface area contributed by atoms with Crippen molar-refractivity contribution in [3.63, 3.8) is 0 Å². The topological polar surface area (TPSA) is 56.6 Å². The second-order valence-corrected chi connectivity index (χ2v) is 10.1. The van der Waals surface area contributed by atoms with E-state index in [9.17, 15) is 4.79 Å². The molecule has 36 heavy (non-hydrogen) atoms. The van der Waals surface area contributed by atoms with Gasteiger partial charge in [-0.3, -0.25) is 9.48 Å². The molecule has 2 aromatic heterocycles. The highest BCUT2D eigenvalue weighted by molar-refractivity contribution is 9.10. The van der Waals surface area contributed by atoms with E-state index >= 15 is 0 Å². The summed E-state index contributed by atoms with van der Waals surface area (Å²) >= 11 is 5.00. The molecule has 0 bridgehead atoms. The zero-order valence-electron chi connectivity index (χ0n) is 20.1. The van der Waals surface area contributed by atoms with Crippen LogP contribution in [0.3, 0.4) is 0 Å². The van der Waals surface area contributed by atoms with Gasteiger partial charge in [-0.2, -0.15) is 5.10 Å². The van der Waals surface area contributed by atoms with Crippen molar-refractivity contribution in [2.75, 3.05) is 0 Å². The van der Waals surface area contributed by atoms with Gasteiger partial charge in [0.15, 0.2) is 5.69 Å². The molecule has 0 spiro atoms. The highest BCUT2D eigenvalue weighted by atomic mass is 79.9. The normalized spacial score (nSPS) is 12.3. The third kappa shape index (κ3) is 4.57. The molecule has 2 heterocycles. The van der Waals surface area contributed by atoms with E-state index in [0.29, 0.717) is 10.5 Å². The second kappa shape index (κ2) is 10.1. The Labute approximate surface area is 221 Å². The summed E-state index contributed by atoms with van der Waals surface area (Å²) in [6, 6.07) is 27.7. The molecule has 180 valence electrons. The van der Waals surface area contributed by atoms with Crippen LogP contribution in [0.15, 0.2) is 110 Å². The van der Waals surface area contributed by atoms with Gasteiger partial charge in [0.1, 0.15) is 0 Å². The molecular formula is C28H24BrN5OS. The van der Waals surface area contributed by atoms with Crippen molar-refractivity contribution < 1.29 is 0 Å². The minimum Gasteiger partial charge on any atom is -0.283 e. The predicted molar refractivity (Wildman–Crippen MR) is 150 cm³/mol. The molecule has 0 amide bonds. The molecule has 3 aromatic carbocycles. The van der Waals surface area contributed by atoms with Gasteiger partial charge in [-0.15, -0.1) is 11.3 Å². The van der Waals surface area contributed by atoms with Gasteiger partial charge in [0.05, 0.1) is 22.8 Å². The first-order chi connectivity index (χ1) is 17.4. The van der Waals surface area contributed by atoms with Gasteiger partial charge in [0, 0.05) is 22.5 Å². The number of hydrogen-bond donors (Lipinski definition) is 0. The summed E-state index contributed by atoms with van der Waals surface area (Å²) in [5.41, 5.74) is 5.55. The van der Waals surface area contributed by atoms with Crippen molar-refractivity contribution in [1.82, 2.24) is 14.0 Å². The third-order valence-electron chi connectivity index (χ3n) is 5.98. The molecule has 5 rings (SSSR count). The first kappa shape index (κ1) is 24.0. The zero-order chi connectivity index (χ0) is 25.2. The molecular weight excluding hydrogens is 534 g/mol. The largest absolute Gasteiger partial charge is 0.297 e. The van der Waals surface area contributed by atoms with Crippen LogP contribution in [0.25, 0.3) is 16.9 Å². The van der Waals surface area contributed by atoms with Crippen LogP contribution in [0.1, 0.15) is 18.2 Å². The minimum atomic E-state index is -0.171. The first-order valence-electron chi connectivity index (χ1n) is 11.4. The summed E-state index contributed by atoms with van der Waals surface area (Å²) < 4.78 is 6.29. The van der Waals surface area contributed by atoms with Crippen LogP contribution in [0.5, 0.6) is 0 Å². The molecule has 5 aromatic rings. The maximum Gasteiger partial charge on any atom is 0.297 e. The number of nitrogens with zero attached hydrogens (tertiary/aromatic N) is 5. The standard InChI is InChI=1S/C28H24BrN5OS/c1-19(22-13-10-14-23(29)17-22)31-33-25(21-11-6-4-7-12-21)18-36-28(33)30-26-20(2)32(3)34(27(26)35)24-15-8-5-9-16-24/h4-18H,1-3H3. The summed E-state index contributed by atoms with van der Waals surface area (Å²) in [5.74, 6) is 0. The maximum absolute atomic E-state index is 13.5. The van der Waals surface area contributed by atoms with Gasteiger partial charge in [-0.1, -0.05) is 76.6 Å². The number of para-hydroxylation sites is 1. The fourth-order valence-corrected chi connectivity index (χ4v) is 5.22. The van der Waals surface area contributed by atoms with Gasteiger partial charge in [0.2, 0.25) is 4.80 Å². The summed E-state index contributed by atoms with van der Waals surface area (Å²) in [6.07, 6.45) is 0. The lowest BCUT2D eigenvalue weighted by atomic mass is 10.1. The Morgan fingerprint density at radius 2 is 1.64 bits per heavy atom. The van der Waals surface area contributed by atoms with Crippen molar-refractivity contribution in [2.45, 2.75) is 13.8 Å². The van der Waals surface area contributed by atoms with E-state index in [1.54, 1.807) is 4.68 Å². The zero-order valence-corrected chi connectivity index (χ0v) is 22.5. The van der Waals surface area contributed by atoms with E-state index in [0.717, 1.165) is 38.4 Å². The van der Waals surface area contributed by atoms with Crippen LogP contribution in [-0.4, -0.2) is 19.8 Å². The fraction of sp³-hybridized carbons (Fsp3) is 0.107. The van der Waals surface area contributed by atoms with Crippen molar-refractivity contribution in [2.24, 2.45) is 17.1 Å². The molecule has 0 saturated heterocycles. The molecule has 0 atom stereocenters. The SMILES string of the molecule is CC(=Nn1c(-c2ccccc2)csc1=Nc1c(C)n(C)n(-c2ccccc2)c1=O)c1cccc(Br)c1. The van der Waals surface area contributed by atoms with Crippen LogP contribution >= 0.6 is 27.3 Å². The van der Waals surface area contributed by atoms with E-state index in [4.69, 9.17) is 10.1 Å². The molecule has 0 aliphatic rings. The smallest absolute Gasteiger partial charge is 0.283 e. The molecule has 6 nitrogen and oxygen atoms in total. The highest BCUT2D eigenvalue weighted by Crippen LogP contribution is 2.22. The van der Waals surface area contributed by atoms with E-state index in [1.807, 2.05) is 121 Å². The Balaban J connectivity index is 1.73. The number of thiazole rings is 1. The average molecular weight is 559 g/mol. The quantitative estimate of drug-likeness (QED) is 0.234. The Morgan fingerprint density at radius 3 is 2.33 bits per heavy atom. The molecule has 0 saturated carbocycles. The summed E-state index contributed by atoms with van der Waals surface area (Å²) in [7, 11) is 1.87. The predicted octanol–water partition coefficient (Wildman–Crippen LogP) is 6.28. The molecule has 0 radical (unpaired) electrons. The maximum atomic E-state index is 13.5. The Kier molecular flexibility index (Phi) is 6.71. The van der Waals surface area contributed by atoms with Crippen LogP contribution in [0, 0.1) is 6.92 Å². The average Bonchev–Trinajstić information content (AvgIpc) is 3.38. The van der Waals surface area contributed by atoms with Gasteiger partial charge >= 0.3 is 0 Å². The van der Waals surface area contributed by atoms with Crippen LogP contribution in [-0.2, 0) is 7.05 Å². The number of aromatic nitrogens is 3. The lowest BCUT2D eigenvalue weighted by Crippen LogP contribution is -2.20. The van der Waals surface area contributed by atoms with Crippen molar-refractivity contribution in [3.05, 3.63) is 121 Å². The van der Waals surface area contributed by atoms with E-state index < -0.39 is 0 Å². The number of halogens is 1. The third-order valence-corrected chi connectivity index (χ3v) is 7.29. The summed E-state index contributed by atoms with van der Waals surface area (Å²) in [6.45, 7) is 3.88. The number of rotatable bonds is 5. The van der Waals surface area contributed by atoms with Crippen LogP contribution in [0.4, 0.5) is 5.69 Å². The van der Waals surface area contributed by atoms with Crippen LogP contribution in [0.2, 0.25) is 0 Å². The molecule has 0 N–H and O–H groups in total. The molecule has 0 unspecified atom stereocenters. The first-order valence-corrected chi connectivity index (χ1v) is 13.1. The Bertz CT molecular complexity index is 1690. The van der Waals surface area contributed by atoms with Crippen molar-refractivity contribution in [1.29, 1.82) is 0 Å². The van der Waals surface area contributed by atoms with Crippen molar-refractivity contribution >= 4 is 38.7 Å². The number of hydrogen-bond acceptors (Lipinski definition) is 4. The summed E-state index contributed by atoms with van der Waals surface area (Å²) in [4.78, 5) is 19.0. The lowest BCUT2D eigenvalue weighted by molar-refractivity contribution is 0.630. The Morgan fingerprint density at radius 1 is 0.944 bits per heavy atom. The molecule has 0 fully saturated rings. The second-order valence-electron chi connectivity index (χ2n) is 8.30. The minimum absolute atomic E-state index is 0.171. The lowest BCUT2D eigenvalue weighted by Gasteiger charge is -2.07. The van der Waals surface area contributed by atoms with Gasteiger partial charge in [-0.25, -0.2) is 14.4 Å². The van der Waals surface area contributed by atoms with E-state index in [2.05, 4.69) is 15.9 Å². The van der Waals surface area contributed by atoms with Crippen molar-refractivity contribution in [3.8, 4) is 16.9 Å². The van der Waals surface area contributed by atoms with E-state index in [1.165, 1.54) is 11.3 Å². The number of benzene rings is 3. The summed E-state index contributed by atoms with van der Waals surface area (Å²) in [5, 5.41) is 6.99. The fourth-order valence-electron chi connectivity index (χ4n) is 3.98. The van der Waals surface area contributed by atoms with Gasteiger partial charge in [-0.05, 0) is 43.7 Å². The molecule has 8 heteroatoms. The monoisotopic (exact) mass is 557 g/mol. The van der Waals surface area contributed by atoms with Gasteiger partial charge < -0.3 is 0 Å². The highest BCUT2D eigenvalue weighted by Gasteiger charge is 2.17. The molecule has 0 aliphatic carbocycles.